The van der Waals surface area contributed by atoms with E-state index in [0.717, 1.165) is 0 Å². The van der Waals surface area contributed by atoms with Crippen molar-refractivity contribution in [1.29, 1.82) is 0 Å². The van der Waals surface area contributed by atoms with Gasteiger partial charge in [-0.1, -0.05) is 0 Å². The quantitative estimate of drug-likeness (QED) is 0.748. The number of nitrogens with zero attached hydrogens (tertiary/aromatic N) is 1. The summed E-state index contributed by atoms with van der Waals surface area (Å²) in [6.07, 6.45) is 0.382. The molecule has 1 amide bonds. The highest BCUT2D eigenvalue weighted by molar-refractivity contribution is 5.77. The lowest BCUT2D eigenvalue weighted by Crippen LogP contribution is -2.43. The summed E-state index contributed by atoms with van der Waals surface area (Å²) in [6.45, 7) is 10.2. The number of morpholine rings is 1. The van der Waals surface area contributed by atoms with E-state index in [1.165, 1.54) is 0 Å². The van der Waals surface area contributed by atoms with Gasteiger partial charge in [0.15, 0.2) is 0 Å². The van der Waals surface area contributed by atoms with E-state index in [4.69, 9.17) is 9.47 Å². The van der Waals surface area contributed by atoms with Gasteiger partial charge in [0.2, 0.25) is 5.91 Å². The molecule has 1 N–H and O–H groups in total. The van der Waals surface area contributed by atoms with Crippen molar-refractivity contribution in [2.75, 3.05) is 32.8 Å². The van der Waals surface area contributed by atoms with Crippen molar-refractivity contribution in [2.45, 2.75) is 45.8 Å². The SMILES string of the molecule is CC(NCCC(=O)N1CCOCC1)C(=O)OC(C)(C)C. The first kappa shape index (κ1) is 16.9. The molecular weight excluding hydrogens is 260 g/mol. The van der Waals surface area contributed by atoms with Crippen LogP contribution in [0.25, 0.3) is 0 Å². The smallest absolute Gasteiger partial charge is 0.323 e. The molecule has 6 nitrogen and oxygen atoms in total. The number of esters is 1. The monoisotopic (exact) mass is 286 g/mol. The van der Waals surface area contributed by atoms with E-state index in [-0.39, 0.29) is 11.9 Å². The summed E-state index contributed by atoms with van der Waals surface area (Å²) in [4.78, 5) is 25.4. The van der Waals surface area contributed by atoms with Crippen molar-refractivity contribution in [3.63, 3.8) is 0 Å². The van der Waals surface area contributed by atoms with Crippen LogP contribution in [0.1, 0.15) is 34.1 Å². The van der Waals surface area contributed by atoms with Crippen LogP contribution in [0.5, 0.6) is 0 Å². The van der Waals surface area contributed by atoms with Gasteiger partial charge in [-0.15, -0.1) is 0 Å². The van der Waals surface area contributed by atoms with Crippen LogP contribution in [-0.4, -0.2) is 61.3 Å². The fourth-order valence-corrected chi connectivity index (χ4v) is 1.84. The standard InChI is InChI=1S/C14H26N2O4/c1-11(13(18)20-14(2,3)4)15-6-5-12(17)16-7-9-19-10-8-16/h11,15H,5-10H2,1-4H3. The maximum Gasteiger partial charge on any atom is 0.323 e. The highest BCUT2D eigenvalue weighted by Crippen LogP contribution is 2.08. The third-order valence-electron chi connectivity index (χ3n) is 2.91. The molecule has 0 aliphatic carbocycles. The molecule has 1 aliphatic heterocycles. The molecule has 1 fully saturated rings. The second kappa shape index (κ2) is 7.59. The van der Waals surface area contributed by atoms with E-state index in [1.54, 1.807) is 11.8 Å². The maximum absolute atomic E-state index is 11.9. The minimum absolute atomic E-state index is 0.0946. The number of rotatable bonds is 5. The van der Waals surface area contributed by atoms with E-state index in [1.807, 2.05) is 20.8 Å². The molecule has 0 aromatic heterocycles. The van der Waals surface area contributed by atoms with E-state index < -0.39 is 11.6 Å². The summed E-state index contributed by atoms with van der Waals surface area (Å²) >= 11 is 0. The van der Waals surface area contributed by atoms with Crippen LogP contribution in [-0.2, 0) is 19.1 Å². The van der Waals surface area contributed by atoms with E-state index in [0.29, 0.717) is 39.3 Å². The van der Waals surface area contributed by atoms with Crippen molar-refractivity contribution in [2.24, 2.45) is 0 Å². The highest BCUT2D eigenvalue weighted by Gasteiger charge is 2.22. The fourth-order valence-electron chi connectivity index (χ4n) is 1.84. The normalized spacial score (nSPS) is 17.7. The molecule has 1 saturated heterocycles. The van der Waals surface area contributed by atoms with Crippen molar-refractivity contribution in [3.05, 3.63) is 0 Å². The number of hydrogen-bond acceptors (Lipinski definition) is 5. The number of nitrogens with one attached hydrogen (secondary N) is 1. The van der Waals surface area contributed by atoms with E-state index in [9.17, 15) is 9.59 Å². The Bertz CT molecular complexity index is 333. The first-order valence-electron chi connectivity index (χ1n) is 7.11. The number of carbonyl (C=O) groups excluding carboxylic acids is 2. The molecule has 116 valence electrons. The lowest BCUT2D eigenvalue weighted by atomic mass is 10.2. The minimum Gasteiger partial charge on any atom is -0.459 e. The Morgan fingerprint density at radius 3 is 2.45 bits per heavy atom. The summed E-state index contributed by atoms with van der Waals surface area (Å²) < 4.78 is 10.5. The average Bonchev–Trinajstić information content (AvgIpc) is 2.37. The van der Waals surface area contributed by atoms with Crippen molar-refractivity contribution < 1.29 is 19.1 Å². The Hall–Kier alpha value is -1.14. The Morgan fingerprint density at radius 1 is 1.30 bits per heavy atom. The summed E-state index contributed by atoms with van der Waals surface area (Å²) in [7, 11) is 0. The molecule has 1 aliphatic rings. The zero-order valence-electron chi connectivity index (χ0n) is 12.9. The van der Waals surface area contributed by atoms with Crippen LogP contribution in [0.15, 0.2) is 0 Å². The molecule has 1 atom stereocenters. The predicted molar refractivity (Wildman–Crippen MR) is 75.3 cm³/mol. The second-order valence-corrected chi connectivity index (χ2v) is 5.95. The molecular formula is C14H26N2O4. The molecule has 0 bridgehead atoms. The number of ether oxygens (including phenoxy) is 2. The Labute approximate surface area is 120 Å². The first-order valence-corrected chi connectivity index (χ1v) is 7.11. The predicted octanol–water partition coefficient (Wildman–Crippen LogP) is 0.555. The van der Waals surface area contributed by atoms with Gasteiger partial charge in [0.05, 0.1) is 13.2 Å². The summed E-state index contributed by atoms with van der Waals surface area (Å²) in [5.74, 6) is -0.200. The Morgan fingerprint density at radius 2 is 1.90 bits per heavy atom. The third-order valence-corrected chi connectivity index (χ3v) is 2.91. The summed E-state index contributed by atoms with van der Waals surface area (Å²) in [5.41, 5.74) is -0.489. The molecule has 0 aromatic carbocycles. The molecule has 1 heterocycles. The molecule has 0 spiro atoms. The van der Waals surface area contributed by atoms with Gasteiger partial charge >= 0.3 is 5.97 Å². The highest BCUT2D eigenvalue weighted by atomic mass is 16.6. The molecule has 0 saturated carbocycles. The lowest BCUT2D eigenvalue weighted by Gasteiger charge is -2.27. The van der Waals surface area contributed by atoms with Gasteiger partial charge in [-0.25, -0.2) is 0 Å². The summed E-state index contributed by atoms with van der Waals surface area (Å²) in [6, 6.07) is -0.410. The van der Waals surface area contributed by atoms with E-state index >= 15 is 0 Å². The Balaban J connectivity index is 2.22. The van der Waals surface area contributed by atoms with Crippen LogP contribution in [0.2, 0.25) is 0 Å². The van der Waals surface area contributed by atoms with Crippen LogP contribution < -0.4 is 5.32 Å². The molecule has 1 unspecified atom stereocenters. The number of amides is 1. The Kier molecular flexibility index (Phi) is 6.42. The minimum atomic E-state index is -0.489. The maximum atomic E-state index is 11.9. The van der Waals surface area contributed by atoms with Crippen LogP contribution in [0.3, 0.4) is 0 Å². The van der Waals surface area contributed by atoms with Crippen LogP contribution in [0.4, 0.5) is 0 Å². The van der Waals surface area contributed by atoms with Crippen LogP contribution >= 0.6 is 0 Å². The third kappa shape index (κ3) is 6.34. The summed E-state index contributed by atoms with van der Waals surface area (Å²) in [5, 5.41) is 3.02. The van der Waals surface area contributed by atoms with Gasteiger partial charge in [0.1, 0.15) is 11.6 Å². The number of carbonyl (C=O) groups is 2. The van der Waals surface area contributed by atoms with Crippen molar-refractivity contribution >= 4 is 11.9 Å². The zero-order chi connectivity index (χ0) is 15.2. The van der Waals surface area contributed by atoms with Gasteiger partial charge in [0.25, 0.3) is 0 Å². The van der Waals surface area contributed by atoms with Gasteiger partial charge in [-0.05, 0) is 27.7 Å². The number of hydrogen-bond donors (Lipinski definition) is 1. The fraction of sp³-hybridized carbons (Fsp3) is 0.857. The van der Waals surface area contributed by atoms with Crippen LogP contribution in [0, 0.1) is 0 Å². The van der Waals surface area contributed by atoms with E-state index in [2.05, 4.69) is 5.32 Å². The van der Waals surface area contributed by atoms with Crippen molar-refractivity contribution in [3.8, 4) is 0 Å². The zero-order valence-corrected chi connectivity index (χ0v) is 12.9. The molecule has 20 heavy (non-hydrogen) atoms. The molecule has 1 rings (SSSR count). The van der Waals surface area contributed by atoms with Gasteiger partial charge in [-0.2, -0.15) is 0 Å². The molecule has 6 heteroatoms. The van der Waals surface area contributed by atoms with Gasteiger partial charge in [0, 0.05) is 26.1 Å². The first-order chi connectivity index (χ1) is 9.29. The average molecular weight is 286 g/mol. The lowest BCUT2D eigenvalue weighted by molar-refractivity contribution is -0.157. The topological polar surface area (TPSA) is 67.9 Å². The van der Waals surface area contributed by atoms with Gasteiger partial charge < -0.3 is 19.7 Å². The van der Waals surface area contributed by atoms with Gasteiger partial charge in [-0.3, -0.25) is 9.59 Å². The second-order valence-electron chi connectivity index (χ2n) is 5.95. The van der Waals surface area contributed by atoms with Crippen molar-refractivity contribution in [1.82, 2.24) is 10.2 Å². The molecule has 0 aromatic rings. The largest absolute Gasteiger partial charge is 0.459 e. The molecule has 0 radical (unpaired) electrons.